The summed E-state index contributed by atoms with van der Waals surface area (Å²) in [6, 6.07) is 22.5. The van der Waals surface area contributed by atoms with Crippen LogP contribution in [-0.4, -0.2) is 31.1 Å². The SMILES string of the molecule is Cc1cc(-c2ccc(CC3(C(=O)Nc4cccc(/C=C/C(=O)O)c4)CCCCC3)cc2)ccc1N(C)C. The highest BCUT2D eigenvalue weighted by Gasteiger charge is 2.39. The number of nitrogens with zero attached hydrogens (tertiary/aromatic N) is 1. The topological polar surface area (TPSA) is 69.6 Å². The summed E-state index contributed by atoms with van der Waals surface area (Å²) in [4.78, 5) is 26.6. The lowest BCUT2D eigenvalue weighted by Gasteiger charge is -2.36. The molecule has 192 valence electrons. The number of carbonyl (C=O) groups is 2. The lowest BCUT2D eigenvalue weighted by Crippen LogP contribution is -2.40. The average Bonchev–Trinajstić information content (AvgIpc) is 2.88. The Balaban J connectivity index is 1.52. The van der Waals surface area contributed by atoms with Gasteiger partial charge in [0.2, 0.25) is 5.91 Å². The zero-order chi connectivity index (χ0) is 26.4. The highest BCUT2D eigenvalue weighted by atomic mass is 16.4. The van der Waals surface area contributed by atoms with Gasteiger partial charge in [0.05, 0.1) is 5.41 Å². The van der Waals surface area contributed by atoms with E-state index < -0.39 is 11.4 Å². The summed E-state index contributed by atoms with van der Waals surface area (Å²) in [5, 5.41) is 12.0. The molecule has 37 heavy (non-hydrogen) atoms. The van der Waals surface area contributed by atoms with E-state index in [1.165, 1.54) is 34.0 Å². The Labute approximate surface area is 219 Å². The van der Waals surface area contributed by atoms with Gasteiger partial charge in [0, 0.05) is 31.5 Å². The van der Waals surface area contributed by atoms with E-state index in [-0.39, 0.29) is 5.91 Å². The molecule has 5 heteroatoms. The summed E-state index contributed by atoms with van der Waals surface area (Å²) >= 11 is 0. The van der Waals surface area contributed by atoms with E-state index >= 15 is 0 Å². The molecule has 0 unspecified atom stereocenters. The van der Waals surface area contributed by atoms with Gasteiger partial charge in [-0.2, -0.15) is 0 Å². The molecule has 2 N–H and O–H groups in total. The zero-order valence-corrected chi connectivity index (χ0v) is 22.0. The van der Waals surface area contributed by atoms with Gasteiger partial charge in [-0.1, -0.05) is 61.7 Å². The Bertz CT molecular complexity index is 1290. The van der Waals surface area contributed by atoms with Gasteiger partial charge in [-0.05, 0) is 84.3 Å². The van der Waals surface area contributed by atoms with E-state index in [4.69, 9.17) is 5.11 Å². The molecule has 0 atom stereocenters. The zero-order valence-electron chi connectivity index (χ0n) is 22.0. The largest absolute Gasteiger partial charge is 0.478 e. The Morgan fingerprint density at radius 2 is 1.65 bits per heavy atom. The van der Waals surface area contributed by atoms with Gasteiger partial charge in [-0.15, -0.1) is 0 Å². The molecule has 0 spiro atoms. The van der Waals surface area contributed by atoms with Crippen LogP contribution in [0.5, 0.6) is 0 Å². The van der Waals surface area contributed by atoms with E-state index in [0.29, 0.717) is 12.1 Å². The fourth-order valence-corrected chi connectivity index (χ4v) is 5.41. The second-order valence-corrected chi connectivity index (χ2v) is 10.4. The molecule has 1 fully saturated rings. The molecule has 0 aromatic heterocycles. The normalized spacial score (nSPS) is 14.9. The number of carbonyl (C=O) groups excluding carboxylic acids is 1. The number of hydrogen-bond donors (Lipinski definition) is 2. The van der Waals surface area contributed by atoms with Crippen LogP contribution in [0.25, 0.3) is 17.2 Å². The maximum atomic E-state index is 13.7. The summed E-state index contributed by atoms with van der Waals surface area (Å²) in [6.07, 6.45) is 8.32. The maximum Gasteiger partial charge on any atom is 0.328 e. The van der Waals surface area contributed by atoms with Crippen molar-refractivity contribution in [2.24, 2.45) is 5.41 Å². The predicted molar refractivity (Wildman–Crippen MR) is 152 cm³/mol. The van der Waals surface area contributed by atoms with Crippen LogP contribution in [0.1, 0.15) is 48.8 Å². The molecule has 1 aliphatic carbocycles. The summed E-state index contributed by atoms with van der Waals surface area (Å²) in [5.74, 6) is -0.951. The van der Waals surface area contributed by atoms with Gasteiger partial charge in [0.15, 0.2) is 0 Å². The Hall–Kier alpha value is -3.86. The molecular weight excluding hydrogens is 460 g/mol. The van der Waals surface area contributed by atoms with Gasteiger partial charge < -0.3 is 15.3 Å². The summed E-state index contributed by atoms with van der Waals surface area (Å²) in [6.45, 7) is 2.14. The molecule has 1 amide bonds. The molecule has 0 radical (unpaired) electrons. The molecular formula is C32H36N2O3. The van der Waals surface area contributed by atoms with Crippen molar-refractivity contribution in [3.8, 4) is 11.1 Å². The fraction of sp³-hybridized carbons (Fsp3) is 0.312. The van der Waals surface area contributed by atoms with E-state index in [9.17, 15) is 9.59 Å². The molecule has 1 saturated carbocycles. The van der Waals surface area contributed by atoms with E-state index in [0.717, 1.165) is 43.7 Å². The number of aryl methyl sites for hydroxylation is 1. The molecule has 3 aromatic rings. The first-order valence-corrected chi connectivity index (χ1v) is 13.0. The van der Waals surface area contributed by atoms with Crippen LogP contribution in [0.3, 0.4) is 0 Å². The third kappa shape index (κ3) is 6.48. The number of benzene rings is 3. The lowest BCUT2D eigenvalue weighted by atomic mass is 9.69. The first-order valence-electron chi connectivity index (χ1n) is 13.0. The Morgan fingerprint density at radius 1 is 0.946 bits per heavy atom. The van der Waals surface area contributed by atoms with Crippen LogP contribution in [0, 0.1) is 12.3 Å². The molecule has 3 aromatic carbocycles. The van der Waals surface area contributed by atoms with Gasteiger partial charge in [0.25, 0.3) is 0 Å². The molecule has 4 rings (SSSR count). The number of aliphatic carboxylic acids is 1. The molecule has 0 heterocycles. The van der Waals surface area contributed by atoms with Gasteiger partial charge >= 0.3 is 5.97 Å². The van der Waals surface area contributed by atoms with Crippen LogP contribution in [0.15, 0.2) is 72.8 Å². The van der Waals surface area contributed by atoms with E-state index in [2.05, 4.69) is 73.7 Å². The summed E-state index contributed by atoms with van der Waals surface area (Å²) in [7, 11) is 4.11. The number of hydrogen-bond acceptors (Lipinski definition) is 3. The standard InChI is InChI=1S/C32H36N2O3/c1-23-20-27(15-16-29(23)34(2)3)26-13-10-25(11-14-26)22-32(18-5-4-6-19-32)31(37)33-28-9-7-8-24(21-28)12-17-30(35)36/h7-17,20-21H,4-6,18-19,22H2,1-3H3,(H,33,37)(H,35,36)/b17-12+. The highest BCUT2D eigenvalue weighted by Crippen LogP contribution is 2.41. The third-order valence-electron chi connectivity index (χ3n) is 7.36. The van der Waals surface area contributed by atoms with Crippen LogP contribution < -0.4 is 10.2 Å². The summed E-state index contributed by atoms with van der Waals surface area (Å²) < 4.78 is 0. The van der Waals surface area contributed by atoms with Crippen molar-refractivity contribution in [3.63, 3.8) is 0 Å². The molecule has 0 aliphatic heterocycles. The number of nitrogens with one attached hydrogen (secondary N) is 1. The molecule has 5 nitrogen and oxygen atoms in total. The van der Waals surface area contributed by atoms with Gasteiger partial charge in [-0.3, -0.25) is 4.79 Å². The maximum absolute atomic E-state index is 13.7. The second kappa shape index (κ2) is 11.5. The molecule has 1 aliphatic rings. The number of carboxylic acids is 1. The second-order valence-electron chi connectivity index (χ2n) is 10.4. The van der Waals surface area contributed by atoms with E-state index in [1.54, 1.807) is 0 Å². The smallest absolute Gasteiger partial charge is 0.328 e. The van der Waals surface area contributed by atoms with Crippen LogP contribution >= 0.6 is 0 Å². The Kier molecular flexibility index (Phi) is 8.12. The van der Waals surface area contributed by atoms with Crippen molar-refractivity contribution in [3.05, 3.63) is 89.5 Å². The van der Waals surface area contributed by atoms with Crippen molar-refractivity contribution in [1.82, 2.24) is 0 Å². The van der Waals surface area contributed by atoms with Crippen molar-refractivity contribution in [2.45, 2.75) is 45.4 Å². The number of anilines is 2. The van der Waals surface area contributed by atoms with Crippen molar-refractivity contribution in [2.75, 3.05) is 24.3 Å². The molecule has 0 bridgehead atoms. The monoisotopic (exact) mass is 496 g/mol. The average molecular weight is 497 g/mol. The third-order valence-corrected chi connectivity index (χ3v) is 7.36. The first kappa shape index (κ1) is 26.2. The minimum atomic E-state index is -0.998. The van der Waals surface area contributed by atoms with E-state index in [1.807, 2.05) is 24.3 Å². The van der Waals surface area contributed by atoms with Gasteiger partial charge in [0.1, 0.15) is 0 Å². The minimum absolute atomic E-state index is 0.0468. The van der Waals surface area contributed by atoms with Crippen molar-refractivity contribution < 1.29 is 14.7 Å². The first-order chi connectivity index (χ1) is 17.8. The lowest BCUT2D eigenvalue weighted by molar-refractivity contribution is -0.131. The van der Waals surface area contributed by atoms with Crippen LogP contribution in [-0.2, 0) is 16.0 Å². The summed E-state index contributed by atoms with van der Waals surface area (Å²) in [5.41, 5.74) is 6.97. The quantitative estimate of drug-likeness (QED) is 0.331. The van der Waals surface area contributed by atoms with Crippen molar-refractivity contribution in [1.29, 1.82) is 0 Å². The van der Waals surface area contributed by atoms with Crippen LogP contribution in [0.2, 0.25) is 0 Å². The highest BCUT2D eigenvalue weighted by molar-refractivity contribution is 5.96. The van der Waals surface area contributed by atoms with Crippen molar-refractivity contribution >= 4 is 29.3 Å². The number of rotatable bonds is 8. The fourth-order valence-electron chi connectivity index (χ4n) is 5.41. The minimum Gasteiger partial charge on any atom is -0.478 e. The Morgan fingerprint density at radius 3 is 2.30 bits per heavy atom. The van der Waals surface area contributed by atoms with Gasteiger partial charge in [-0.25, -0.2) is 4.79 Å². The van der Waals surface area contributed by atoms with Crippen LogP contribution in [0.4, 0.5) is 11.4 Å². The number of carboxylic acid groups (broad SMARTS) is 1. The number of amides is 1. The molecule has 0 saturated heterocycles. The predicted octanol–water partition coefficient (Wildman–Crippen LogP) is 6.96.